The number of ketones is 1. The van der Waals surface area contributed by atoms with Crippen molar-refractivity contribution < 1.29 is 13.9 Å². The summed E-state index contributed by atoms with van der Waals surface area (Å²) in [5, 5.41) is 6.73. The molecule has 2 rings (SSSR count). The monoisotopic (exact) mass is 505 g/mol. The number of nitrogens with two attached hydrogens (primary N) is 1. The number of carbonyl (C=O) groups is 1. The second kappa shape index (κ2) is 18.4. The van der Waals surface area contributed by atoms with Gasteiger partial charge in [-0.1, -0.05) is 33.8 Å². The minimum Gasteiger partial charge on any atom is -0.398 e. The van der Waals surface area contributed by atoms with Gasteiger partial charge in [0.1, 0.15) is 5.82 Å². The van der Waals surface area contributed by atoms with Crippen LogP contribution in [0.15, 0.2) is 59.2 Å². The smallest absolute Gasteiger partial charge is 0.190 e. The average Bonchev–Trinajstić information content (AvgIpc) is 2.89. The van der Waals surface area contributed by atoms with E-state index in [4.69, 9.17) is 10.5 Å². The number of nitrogens with one attached hydrogen (secondary N) is 2. The summed E-state index contributed by atoms with van der Waals surface area (Å²) in [7, 11) is 0.500. The zero-order valence-corrected chi connectivity index (χ0v) is 23.7. The van der Waals surface area contributed by atoms with Crippen LogP contribution in [0.2, 0.25) is 0 Å². The summed E-state index contributed by atoms with van der Waals surface area (Å²) >= 11 is 0. The van der Waals surface area contributed by atoms with Gasteiger partial charge in [0.2, 0.25) is 0 Å². The lowest BCUT2D eigenvalue weighted by molar-refractivity contribution is -0.113. The van der Waals surface area contributed by atoms with Crippen LogP contribution in [0.3, 0.4) is 0 Å². The molecule has 1 aromatic rings. The fourth-order valence-corrected chi connectivity index (χ4v) is 3.57. The fourth-order valence-electron chi connectivity index (χ4n) is 3.57. The Morgan fingerprint density at radius 3 is 2.47 bits per heavy atom. The molecule has 4 N–H and O–H groups in total. The zero-order valence-electron chi connectivity index (χ0n) is 23.7. The number of alkyl halides is 1. The molecule has 0 radical (unpaired) electrons. The van der Waals surface area contributed by atoms with Crippen LogP contribution in [0.25, 0.3) is 0 Å². The van der Waals surface area contributed by atoms with E-state index in [1.807, 2.05) is 65.1 Å². The molecule has 0 aliphatic carbocycles. The lowest BCUT2D eigenvalue weighted by atomic mass is 9.92. The number of aromatic nitrogens is 1. The number of hydrogen-bond donors (Lipinski definition) is 3. The van der Waals surface area contributed by atoms with Crippen LogP contribution in [0, 0.1) is 5.92 Å². The molecule has 2 heterocycles. The van der Waals surface area contributed by atoms with Crippen LogP contribution in [-0.2, 0) is 9.53 Å². The second-order valence-corrected chi connectivity index (χ2v) is 8.55. The third-order valence-corrected chi connectivity index (χ3v) is 5.41. The Balaban J connectivity index is 0.00000291. The largest absolute Gasteiger partial charge is 0.398 e. The van der Waals surface area contributed by atoms with Gasteiger partial charge in [0, 0.05) is 61.2 Å². The summed E-state index contributed by atoms with van der Waals surface area (Å²) in [5.74, 6) is 1.25. The maximum absolute atomic E-state index is 12.9. The van der Waals surface area contributed by atoms with E-state index in [-0.39, 0.29) is 17.9 Å². The number of likely N-dealkylation sites (N-methyl/N-ethyl adjacent to an activating group) is 1. The van der Waals surface area contributed by atoms with E-state index in [0.717, 1.165) is 18.1 Å². The minimum atomic E-state index is -0.181. The summed E-state index contributed by atoms with van der Waals surface area (Å²) in [6, 6.07) is 5.69. The molecule has 2 atom stereocenters. The van der Waals surface area contributed by atoms with Crippen molar-refractivity contribution in [2.45, 2.75) is 67.5 Å². The van der Waals surface area contributed by atoms with E-state index >= 15 is 0 Å². The first-order chi connectivity index (χ1) is 17.2. The summed E-state index contributed by atoms with van der Waals surface area (Å²) in [4.78, 5) is 19.3. The highest BCUT2D eigenvalue weighted by Crippen LogP contribution is 2.25. The number of rotatable bonds is 11. The molecule has 0 amide bonds. The summed E-state index contributed by atoms with van der Waals surface area (Å²) in [6.45, 7) is 19.0. The third-order valence-electron chi connectivity index (χ3n) is 5.41. The number of pyridine rings is 1. The van der Waals surface area contributed by atoms with Crippen molar-refractivity contribution in [1.82, 2.24) is 15.2 Å². The fraction of sp³-hybridized carbons (Fsp3) is 0.571. The predicted molar refractivity (Wildman–Crippen MR) is 149 cm³/mol. The summed E-state index contributed by atoms with van der Waals surface area (Å²) < 4.78 is 15.5. The highest BCUT2D eigenvalue weighted by molar-refractivity contribution is 6.10. The molecule has 2 unspecified atom stereocenters. The average molecular weight is 506 g/mol. The Hall–Kier alpha value is -2.87. The second-order valence-electron chi connectivity index (χ2n) is 8.55. The van der Waals surface area contributed by atoms with Gasteiger partial charge in [0.15, 0.2) is 5.78 Å². The van der Waals surface area contributed by atoms with Crippen LogP contribution < -0.4 is 16.4 Å². The standard InChI is InChI=1S/C25H39N5O2.C2H6.CH3F/c1-7-30-15-18(4)25(31)24(19(30)5)21(26)14-22(20(6)32-16-17(2)3)27-12-13-29-23-10-8-9-11-28-23;2*1-2/h8-11,14-15,17,19-20,27H,7,12-13,16,26H2,1-6H3,(H,28,29);1-2H3;1H3/b22-14+,24-21-;;. The van der Waals surface area contributed by atoms with Crippen LogP contribution in [0.1, 0.15) is 55.4 Å². The van der Waals surface area contributed by atoms with Crippen molar-refractivity contribution in [1.29, 1.82) is 0 Å². The Morgan fingerprint density at radius 2 is 1.92 bits per heavy atom. The number of hydrogen-bond acceptors (Lipinski definition) is 7. The first-order valence-electron chi connectivity index (χ1n) is 12.8. The Bertz CT molecular complexity index is 853. The SMILES string of the molecule is CC.CCN1C=C(C)C(=O)/C(=C(N)/C=C(/NCCNc2ccccn2)C(C)OCC(C)C)C1C.CF. The summed E-state index contributed by atoms with van der Waals surface area (Å²) in [5.41, 5.74) is 9.18. The van der Waals surface area contributed by atoms with Crippen molar-refractivity contribution in [3.63, 3.8) is 0 Å². The van der Waals surface area contributed by atoms with E-state index in [1.54, 1.807) is 6.20 Å². The molecule has 36 heavy (non-hydrogen) atoms. The normalized spacial score (nSPS) is 17.8. The Kier molecular flexibility index (Phi) is 16.9. The molecule has 204 valence electrons. The van der Waals surface area contributed by atoms with Crippen molar-refractivity contribution in [2.24, 2.45) is 11.7 Å². The highest BCUT2D eigenvalue weighted by atomic mass is 19.1. The predicted octanol–water partition coefficient (Wildman–Crippen LogP) is 5.05. The number of carbonyl (C=O) groups excluding carboxylic acids is 1. The molecule has 1 aromatic heterocycles. The third kappa shape index (κ3) is 10.8. The van der Waals surface area contributed by atoms with Gasteiger partial charge >= 0.3 is 0 Å². The van der Waals surface area contributed by atoms with Gasteiger partial charge in [0.25, 0.3) is 0 Å². The lowest BCUT2D eigenvalue weighted by Gasteiger charge is -2.33. The molecular weight excluding hydrogens is 457 g/mol. The lowest BCUT2D eigenvalue weighted by Crippen LogP contribution is -2.39. The number of allylic oxidation sites excluding steroid dienone is 2. The molecule has 7 nitrogen and oxygen atoms in total. The Morgan fingerprint density at radius 1 is 1.25 bits per heavy atom. The molecule has 8 heteroatoms. The molecule has 0 saturated heterocycles. The molecule has 0 saturated carbocycles. The number of nitrogens with zero attached hydrogens (tertiary/aromatic N) is 2. The molecule has 1 aliphatic rings. The zero-order chi connectivity index (χ0) is 27.7. The molecule has 1 aliphatic heterocycles. The minimum absolute atomic E-state index is 0.00266. The van der Waals surface area contributed by atoms with Gasteiger partial charge in [-0.25, -0.2) is 4.98 Å². The van der Waals surface area contributed by atoms with Crippen LogP contribution in [-0.4, -0.2) is 61.2 Å². The van der Waals surface area contributed by atoms with Crippen LogP contribution in [0.4, 0.5) is 10.2 Å². The van der Waals surface area contributed by atoms with Crippen LogP contribution >= 0.6 is 0 Å². The summed E-state index contributed by atoms with van der Waals surface area (Å²) in [6.07, 6.45) is 5.36. The van der Waals surface area contributed by atoms with Gasteiger partial charge in [-0.15, -0.1) is 0 Å². The topological polar surface area (TPSA) is 92.5 Å². The van der Waals surface area contributed by atoms with Gasteiger partial charge in [-0.3, -0.25) is 9.18 Å². The number of halogens is 1. The van der Waals surface area contributed by atoms with Crippen molar-refractivity contribution >= 4 is 11.6 Å². The number of Topliss-reactive ketones (excluding diaryl/α,β-unsaturated/α-hetero) is 1. The van der Waals surface area contributed by atoms with Crippen molar-refractivity contribution in [3.8, 4) is 0 Å². The van der Waals surface area contributed by atoms with Gasteiger partial charge in [0.05, 0.1) is 19.3 Å². The molecule has 0 bridgehead atoms. The first-order valence-corrected chi connectivity index (χ1v) is 12.8. The van der Waals surface area contributed by atoms with Crippen molar-refractivity contribution in [3.05, 3.63) is 59.2 Å². The van der Waals surface area contributed by atoms with Crippen molar-refractivity contribution in [2.75, 3.05) is 38.7 Å². The van der Waals surface area contributed by atoms with E-state index in [2.05, 4.69) is 41.3 Å². The van der Waals surface area contributed by atoms with Gasteiger partial charge in [-0.05, 0) is 51.8 Å². The molecule has 0 aromatic carbocycles. The van der Waals surface area contributed by atoms with E-state index in [1.165, 1.54) is 0 Å². The van der Waals surface area contributed by atoms with Crippen LogP contribution in [0.5, 0.6) is 0 Å². The Labute approximate surface area is 218 Å². The van der Waals surface area contributed by atoms with Gasteiger partial charge < -0.3 is 26.0 Å². The molecular formula is C28H48FN5O2. The molecule has 0 fully saturated rings. The number of ether oxygens (including phenoxy) is 1. The number of anilines is 1. The van der Waals surface area contributed by atoms with Gasteiger partial charge in [-0.2, -0.15) is 0 Å². The van der Waals surface area contributed by atoms with E-state index < -0.39 is 0 Å². The maximum atomic E-state index is 12.9. The van der Waals surface area contributed by atoms with E-state index in [0.29, 0.717) is 49.6 Å². The quantitative estimate of drug-likeness (QED) is 0.286. The maximum Gasteiger partial charge on any atom is 0.190 e. The highest BCUT2D eigenvalue weighted by Gasteiger charge is 2.29. The first kappa shape index (κ1) is 33.1. The van der Waals surface area contributed by atoms with E-state index in [9.17, 15) is 9.18 Å². The molecule has 0 spiro atoms.